The molecule has 0 saturated carbocycles. The molecule has 0 fully saturated rings. The van der Waals surface area contributed by atoms with Gasteiger partial charge in [-0.2, -0.15) is 0 Å². The molecule has 110 valence electrons. The van der Waals surface area contributed by atoms with Gasteiger partial charge in [-0.15, -0.1) is 0 Å². The third-order valence-corrected chi connectivity index (χ3v) is 12.6. The first kappa shape index (κ1) is 18.2. The summed E-state index contributed by atoms with van der Waals surface area (Å²) in [6.45, 7) is 29.2. The highest BCUT2D eigenvalue weighted by molar-refractivity contribution is 6.85. The van der Waals surface area contributed by atoms with Crippen molar-refractivity contribution < 1.29 is 0 Å². The molecule has 0 amide bonds. The van der Waals surface area contributed by atoms with Gasteiger partial charge >= 0.3 is 0 Å². The monoisotopic (exact) mass is 271 g/mol. The number of hydrogen-bond donors (Lipinski definition) is 0. The smallest absolute Gasteiger partial charge is 0.144 e. The Balaban J connectivity index is 6.25. The fraction of sp³-hybridized carbons (Fsp3) is 1.00. The van der Waals surface area contributed by atoms with Crippen molar-refractivity contribution in [3.63, 3.8) is 0 Å². The van der Waals surface area contributed by atoms with Gasteiger partial charge in [0.2, 0.25) is 0 Å². The van der Waals surface area contributed by atoms with E-state index in [1.165, 1.54) is 13.1 Å². The minimum absolute atomic E-state index is 0.371. The van der Waals surface area contributed by atoms with Crippen LogP contribution in [0.5, 0.6) is 0 Å². The second kappa shape index (κ2) is 5.28. The molecule has 1 nitrogen and oxygen atoms in total. The summed E-state index contributed by atoms with van der Waals surface area (Å²) in [5.41, 5.74) is 0. The SMILES string of the molecule is CCN(CC)[Si](C(C)(C)C)(C(C)(C)C)C(C)(C)C. The van der Waals surface area contributed by atoms with Crippen molar-refractivity contribution in [3.8, 4) is 0 Å². The first-order chi connectivity index (χ1) is 7.77. The summed E-state index contributed by atoms with van der Waals surface area (Å²) < 4.78 is 2.83. The normalized spacial score (nSPS) is 15.3. The van der Waals surface area contributed by atoms with Gasteiger partial charge in [0.15, 0.2) is 0 Å². The van der Waals surface area contributed by atoms with Gasteiger partial charge in [-0.1, -0.05) is 76.2 Å². The largest absolute Gasteiger partial charge is 0.323 e. The summed E-state index contributed by atoms with van der Waals surface area (Å²) in [5.74, 6) is 0. The van der Waals surface area contributed by atoms with Crippen molar-refractivity contribution in [3.05, 3.63) is 0 Å². The Morgan fingerprint density at radius 2 is 0.833 bits per heavy atom. The van der Waals surface area contributed by atoms with E-state index in [4.69, 9.17) is 0 Å². The molecule has 0 aromatic rings. The fourth-order valence-corrected chi connectivity index (χ4v) is 16.0. The summed E-state index contributed by atoms with van der Waals surface area (Å²) in [6, 6.07) is 0. The van der Waals surface area contributed by atoms with Gasteiger partial charge in [-0.05, 0) is 28.2 Å². The molecule has 0 aromatic carbocycles. The highest BCUT2D eigenvalue weighted by Gasteiger charge is 2.62. The molecule has 0 N–H and O–H groups in total. The lowest BCUT2D eigenvalue weighted by atomic mass is 10.2. The molecule has 0 saturated heterocycles. The van der Waals surface area contributed by atoms with E-state index in [2.05, 4.69) is 80.7 Å². The molecule has 0 aliphatic rings. The van der Waals surface area contributed by atoms with Crippen LogP contribution in [0, 0.1) is 0 Å². The first-order valence-electron chi connectivity index (χ1n) is 7.52. The maximum Gasteiger partial charge on any atom is 0.144 e. The predicted octanol–water partition coefficient (Wildman–Crippen LogP) is 5.67. The maximum absolute atomic E-state index is 2.83. The quantitative estimate of drug-likeness (QED) is 0.597. The molecule has 0 spiro atoms. The van der Waals surface area contributed by atoms with Crippen LogP contribution in [-0.2, 0) is 0 Å². The average Bonchev–Trinajstić information content (AvgIpc) is 2.06. The third kappa shape index (κ3) is 2.70. The summed E-state index contributed by atoms with van der Waals surface area (Å²) in [6.07, 6.45) is 0. The zero-order valence-electron chi connectivity index (χ0n) is 14.9. The van der Waals surface area contributed by atoms with Crippen molar-refractivity contribution in [2.75, 3.05) is 13.1 Å². The van der Waals surface area contributed by atoms with E-state index in [-0.39, 0.29) is 0 Å². The summed E-state index contributed by atoms with van der Waals surface area (Å²) in [5, 5.41) is 1.11. The van der Waals surface area contributed by atoms with Crippen molar-refractivity contribution in [1.29, 1.82) is 0 Å². The topological polar surface area (TPSA) is 3.24 Å². The van der Waals surface area contributed by atoms with Crippen LogP contribution in [0.25, 0.3) is 0 Å². The highest BCUT2D eigenvalue weighted by Crippen LogP contribution is 2.63. The van der Waals surface area contributed by atoms with Gasteiger partial charge in [0, 0.05) is 0 Å². The van der Waals surface area contributed by atoms with Crippen LogP contribution < -0.4 is 0 Å². The summed E-state index contributed by atoms with van der Waals surface area (Å²) in [4.78, 5) is 0. The highest BCUT2D eigenvalue weighted by atomic mass is 28.3. The second-order valence-electron chi connectivity index (χ2n) is 8.63. The van der Waals surface area contributed by atoms with E-state index < -0.39 is 8.24 Å². The van der Waals surface area contributed by atoms with Crippen LogP contribution in [0.4, 0.5) is 0 Å². The van der Waals surface area contributed by atoms with E-state index in [0.717, 1.165) is 0 Å². The van der Waals surface area contributed by atoms with Gasteiger partial charge in [0.1, 0.15) is 8.24 Å². The molecule has 0 aliphatic carbocycles. The Hall–Kier alpha value is 0.177. The molecule has 2 heteroatoms. The zero-order valence-corrected chi connectivity index (χ0v) is 15.9. The lowest BCUT2D eigenvalue weighted by Crippen LogP contribution is -2.69. The number of hydrogen-bond acceptors (Lipinski definition) is 1. The van der Waals surface area contributed by atoms with Crippen molar-refractivity contribution >= 4 is 8.24 Å². The Labute approximate surface area is 117 Å². The van der Waals surface area contributed by atoms with Crippen molar-refractivity contribution in [2.24, 2.45) is 0 Å². The van der Waals surface area contributed by atoms with E-state index in [1.807, 2.05) is 0 Å². The molecule has 18 heavy (non-hydrogen) atoms. The molecular formula is C16H37NSi. The van der Waals surface area contributed by atoms with Gasteiger partial charge in [0.25, 0.3) is 0 Å². The van der Waals surface area contributed by atoms with E-state index in [0.29, 0.717) is 15.1 Å². The second-order valence-corrected chi connectivity index (χ2v) is 15.2. The van der Waals surface area contributed by atoms with E-state index in [1.54, 1.807) is 0 Å². The fourth-order valence-electron chi connectivity index (χ4n) is 5.50. The Bertz CT molecular complexity index is 222. The van der Waals surface area contributed by atoms with Crippen LogP contribution in [-0.4, -0.2) is 25.9 Å². The van der Waals surface area contributed by atoms with Crippen molar-refractivity contribution in [1.82, 2.24) is 4.57 Å². The Kier molecular flexibility index (Phi) is 5.33. The van der Waals surface area contributed by atoms with Gasteiger partial charge in [0.05, 0.1) is 0 Å². The van der Waals surface area contributed by atoms with Crippen LogP contribution in [0.15, 0.2) is 0 Å². The van der Waals surface area contributed by atoms with E-state index >= 15 is 0 Å². The molecule has 0 atom stereocenters. The van der Waals surface area contributed by atoms with Crippen LogP contribution in [0.3, 0.4) is 0 Å². The van der Waals surface area contributed by atoms with Crippen LogP contribution in [0.1, 0.15) is 76.2 Å². The number of rotatable bonds is 3. The first-order valence-corrected chi connectivity index (χ1v) is 9.47. The molecule has 0 aliphatic heterocycles. The molecule has 0 bridgehead atoms. The lowest BCUT2D eigenvalue weighted by molar-refractivity contribution is 0.355. The van der Waals surface area contributed by atoms with Gasteiger partial charge in [-0.3, -0.25) is 0 Å². The third-order valence-electron chi connectivity index (χ3n) is 4.49. The van der Waals surface area contributed by atoms with Crippen LogP contribution >= 0.6 is 0 Å². The van der Waals surface area contributed by atoms with Crippen molar-refractivity contribution in [2.45, 2.75) is 91.3 Å². The van der Waals surface area contributed by atoms with E-state index in [9.17, 15) is 0 Å². The summed E-state index contributed by atoms with van der Waals surface area (Å²) in [7, 11) is -1.70. The standard InChI is InChI=1S/C16H37NSi/c1-12-17(13-2)18(14(3,4)5,15(6,7)8)16(9,10)11/h12-13H2,1-11H3. The Morgan fingerprint density at radius 1 is 0.611 bits per heavy atom. The summed E-state index contributed by atoms with van der Waals surface area (Å²) >= 11 is 0. The van der Waals surface area contributed by atoms with Crippen LogP contribution in [0.2, 0.25) is 15.1 Å². The van der Waals surface area contributed by atoms with Gasteiger partial charge < -0.3 is 4.57 Å². The minimum atomic E-state index is -1.70. The molecule has 0 rings (SSSR count). The molecule has 0 aromatic heterocycles. The van der Waals surface area contributed by atoms with Gasteiger partial charge in [-0.25, -0.2) is 0 Å². The predicted molar refractivity (Wildman–Crippen MR) is 87.8 cm³/mol. The zero-order chi connectivity index (χ0) is 15.0. The molecule has 0 radical (unpaired) electrons. The molecule has 0 heterocycles. The molecule has 0 unspecified atom stereocenters. The average molecular weight is 272 g/mol. The lowest BCUT2D eigenvalue weighted by Gasteiger charge is -2.64. The number of nitrogens with zero attached hydrogens (tertiary/aromatic N) is 1. The minimum Gasteiger partial charge on any atom is -0.323 e. The Morgan fingerprint density at radius 3 is 0.889 bits per heavy atom. The molecular weight excluding hydrogens is 234 g/mol. The maximum atomic E-state index is 2.83.